The zero-order valence-electron chi connectivity index (χ0n) is 42.0. The van der Waals surface area contributed by atoms with Gasteiger partial charge in [0.2, 0.25) is 21.8 Å². The molecule has 4 N–H and O–H groups in total. The summed E-state index contributed by atoms with van der Waals surface area (Å²) in [7, 11) is 1.35. The van der Waals surface area contributed by atoms with Crippen LogP contribution in [0.5, 0.6) is 5.75 Å². The minimum absolute atomic E-state index is 0.0355. The fourth-order valence-electron chi connectivity index (χ4n) is 10.3. The number of esters is 1. The van der Waals surface area contributed by atoms with Crippen LogP contribution < -0.4 is 16.1 Å². The molecule has 2 fully saturated rings. The molecule has 18 heteroatoms. The van der Waals surface area contributed by atoms with Gasteiger partial charge in [-0.05, 0) is 111 Å². The first kappa shape index (κ1) is 52.2. The Morgan fingerprint density at radius 3 is 2.54 bits per heavy atom. The summed E-state index contributed by atoms with van der Waals surface area (Å²) in [5.74, 6) is -3.11. The standard InChI is InChI=1S/C52H70N8O9S/c1-11-59-44-16-15-35-25-39(44)41(47(59)40-22-34(27-53-8)28-54-45(40)32(5)68-10)26-52(6,7)30-69-51(65)42-14-13-18-60(56-42)50(64)43(23-33-20-37(35)24-38(61)21-33)55-48(62)46(31(3)4)57(9)49(63)36-17-19-58(29-36)70(66,67)12-2/h12,15-16,20-22,24-25,28,31-32,36,42-43,46,53,56,61H,2,11,13-14,17-19,23,26-27,29-30H2,1,3-10H3,(H,55,62)/t32-,36-,42-,43-,46-/m0/s1. The number of aromatic hydroxyl groups is 1. The van der Waals surface area contributed by atoms with Crippen LogP contribution in [0.3, 0.4) is 0 Å². The Bertz CT molecular complexity index is 2750. The number of ether oxygens (including phenoxy) is 2. The van der Waals surface area contributed by atoms with E-state index < -0.39 is 69.1 Å². The molecule has 3 aliphatic rings. The Morgan fingerprint density at radius 2 is 1.86 bits per heavy atom. The van der Waals surface area contributed by atoms with Gasteiger partial charge in [-0.2, -0.15) is 4.31 Å². The predicted octanol–water partition coefficient (Wildman–Crippen LogP) is 5.45. The molecule has 2 aromatic heterocycles. The van der Waals surface area contributed by atoms with E-state index in [9.17, 15) is 32.7 Å². The number of amides is 3. The molecule has 2 saturated heterocycles. The lowest BCUT2D eigenvalue weighted by Crippen LogP contribution is -2.62. The number of nitrogens with one attached hydrogen (secondary N) is 3. The first-order chi connectivity index (χ1) is 33.2. The Kier molecular flexibility index (Phi) is 15.9. The van der Waals surface area contributed by atoms with Crippen molar-refractivity contribution >= 4 is 44.6 Å². The molecule has 0 unspecified atom stereocenters. The van der Waals surface area contributed by atoms with E-state index in [0.29, 0.717) is 43.5 Å². The van der Waals surface area contributed by atoms with Crippen molar-refractivity contribution in [2.24, 2.45) is 17.3 Å². The van der Waals surface area contributed by atoms with Crippen LogP contribution in [0.4, 0.5) is 0 Å². The van der Waals surface area contributed by atoms with Crippen LogP contribution in [0.2, 0.25) is 0 Å². The van der Waals surface area contributed by atoms with Gasteiger partial charge in [0.1, 0.15) is 23.9 Å². The van der Waals surface area contributed by atoms with E-state index in [-0.39, 0.29) is 50.9 Å². The second kappa shape index (κ2) is 21.4. The highest BCUT2D eigenvalue weighted by Crippen LogP contribution is 2.43. The number of phenols is 1. The van der Waals surface area contributed by atoms with E-state index in [4.69, 9.17) is 14.5 Å². The molecule has 6 bridgehead atoms. The average Bonchev–Trinajstić information content (AvgIpc) is 3.95. The molecular weight excluding hydrogens is 913 g/mol. The van der Waals surface area contributed by atoms with E-state index in [0.717, 1.165) is 50.0 Å². The topological polar surface area (TPSA) is 205 Å². The molecule has 0 saturated carbocycles. The van der Waals surface area contributed by atoms with Gasteiger partial charge in [0.15, 0.2) is 0 Å². The van der Waals surface area contributed by atoms with Crippen LogP contribution in [0, 0.1) is 17.3 Å². The number of pyridine rings is 1. The summed E-state index contributed by atoms with van der Waals surface area (Å²) in [4.78, 5) is 63.6. The highest BCUT2D eigenvalue weighted by molar-refractivity contribution is 7.92. The van der Waals surface area contributed by atoms with E-state index in [1.54, 1.807) is 33.1 Å². The Morgan fingerprint density at radius 1 is 1.10 bits per heavy atom. The van der Waals surface area contributed by atoms with Gasteiger partial charge in [0.25, 0.3) is 5.91 Å². The zero-order valence-corrected chi connectivity index (χ0v) is 42.8. The van der Waals surface area contributed by atoms with Crippen LogP contribution >= 0.6 is 0 Å². The highest BCUT2D eigenvalue weighted by atomic mass is 32.2. The Labute approximate surface area is 412 Å². The third-order valence-electron chi connectivity index (χ3n) is 13.9. The van der Waals surface area contributed by atoms with Crippen LogP contribution in [-0.2, 0) is 64.6 Å². The molecule has 5 heterocycles. The van der Waals surface area contributed by atoms with Gasteiger partial charge < -0.3 is 34.7 Å². The molecular formula is C52H70N8O9S. The summed E-state index contributed by atoms with van der Waals surface area (Å²) in [5, 5.41) is 20.8. The number of carbonyl (C=O) groups is 4. The lowest BCUT2D eigenvalue weighted by atomic mass is 9.84. The van der Waals surface area contributed by atoms with Crippen LogP contribution in [-0.4, -0.2) is 127 Å². The SMILES string of the molecule is C=CS(=O)(=O)N1CC[C@H](C(=O)N(C)[C@H](C(=O)N[C@H]2Cc3cc(O)cc(c3)-c3ccc4c(c3)c(c(-c3cc(CNC)cnc3[C@H](C)OC)n4CC)CC(C)(C)COC(=O)[C@@H]3CCCN(N3)C2=O)C(C)C)C1. The molecule has 70 heavy (non-hydrogen) atoms. The van der Waals surface area contributed by atoms with Crippen molar-refractivity contribution in [1.29, 1.82) is 0 Å². The average molecular weight is 983 g/mol. The fraction of sp³-hybridized carbons (Fsp3) is 0.519. The Balaban J connectivity index is 1.33. The number of fused-ring (bicyclic) bond motifs is 6. The molecule has 2 aromatic carbocycles. The van der Waals surface area contributed by atoms with Crippen molar-refractivity contribution in [2.75, 3.05) is 47.4 Å². The minimum atomic E-state index is -3.74. The second-order valence-corrected chi connectivity index (χ2v) is 22.0. The number of aryl methyl sites for hydroxylation is 1. The Hall–Kier alpha value is -5.66. The normalized spacial score (nSPS) is 21.0. The third-order valence-corrected chi connectivity index (χ3v) is 15.4. The number of hydrogen-bond donors (Lipinski definition) is 4. The van der Waals surface area contributed by atoms with E-state index >= 15 is 0 Å². The summed E-state index contributed by atoms with van der Waals surface area (Å²) in [6, 6.07) is 10.4. The number of methoxy groups -OCH3 is 1. The van der Waals surface area contributed by atoms with Gasteiger partial charge in [-0.1, -0.05) is 46.4 Å². The molecule has 17 nitrogen and oxygen atoms in total. The number of likely N-dealkylation sites (N-methyl/N-ethyl adjacent to an activating group) is 1. The highest BCUT2D eigenvalue weighted by Gasteiger charge is 2.41. The van der Waals surface area contributed by atoms with Gasteiger partial charge in [0, 0.05) is 86.8 Å². The number of carbonyl (C=O) groups excluding carboxylic acids is 4. The van der Waals surface area contributed by atoms with Crippen molar-refractivity contribution in [2.45, 2.75) is 111 Å². The largest absolute Gasteiger partial charge is 0.508 e. The summed E-state index contributed by atoms with van der Waals surface area (Å²) in [6.07, 6.45) is 3.20. The quantitative estimate of drug-likeness (QED) is 0.124. The molecule has 3 aliphatic heterocycles. The second-order valence-electron chi connectivity index (χ2n) is 20.1. The van der Waals surface area contributed by atoms with Crippen molar-refractivity contribution in [1.82, 2.24) is 39.8 Å². The van der Waals surface area contributed by atoms with Crippen molar-refractivity contribution in [3.63, 3.8) is 0 Å². The van der Waals surface area contributed by atoms with Crippen LogP contribution in [0.25, 0.3) is 33.3 Å². The molecule has 378 valence electrons. The summed E-state index contributed by atoms with van der Waals surface area (Å²) in [5.41, 5.74) is 10.3. The van der Waals surface area contributed by atoms with Crippen LogP contribution in [0.15, 0.2) is 60.6 Å². The summed E-state index contributed by atoms with van der Waals surface area (Å²) >= 11 is 0. The maximum atomic E-state index is 14.8. The molecule has 7 rings (SSSR count). The lowest BCUT2D eigenvalue weighted by Gasteiger charge is -2.37. The number of nitrogens with zero attached hydrogens (tertiary/aromatic N) is 5. The smallest absolute Gasteiger partial charge is 0.324 e. The van der Waals surface area contributed by atoms with Gasteiger partial charge >= 0.3 is 5.97 Å². The first-order valence-electron chi connectivity index (χ1n) is 24.3. The van der Waals surface area contributed by atoms with Crippen molar-refractivity contribution < 1.29 is 42.2 Å². The van der Waals surface area contributed by atoms with Gasteiger partial charge in [0.05, 0.1) is 30.0 Å². The number of sulfonamides is 1. The van der Waals surface area contributed by atoms with Crippen molar-refractivity contribution in [3.05, 3.63) is 83.0 Å². The van der Waals surface area contributed by atoms with Gasteiger partial charge in [-0.25, -0.2) is 13.8 Å². The number of rotatable bonds is 13. The predicted molar refractivity (Wildman–Crippen MR) is 268 cm³/mol. The number of hydrazine groups is 1. The molecule has 0 aliphatic carbocycles. The summed E-state index contributed by atoms with van der Waals surface area (Å²) in [6.45, 7) is 16.9. The number of hydrogen-bond acceptors (Lipinski definition) is 12. The minimum Gasteiger partial charge on any atom is -0.508 e. The maximum absolute atomic E-state index is 14.8. The molecule has 4 aromatic rings. The van der Waals surface area contributed by atoms with Gasteiger partial charge in [-0.3, -0.25) is 29.2 Å². The van der Waals surface area contributed by atoms with Crippen LogP contribution in [0.1, 0.15) is 89.3 Å². The van der Waals surface area contributed by atoms with Crippen molar-refractivity contribution in [3.8, 4) is 28.1 Å². The maximum Gasteiger partial charge on any atom is 0.324 e. The van der Waals surface area contributed by atoms with Gasteiger partial charge in [-0.15, -0.1) is 0 Å². The molecule has 0 spiro atoms. The molecule has 3 amide bonds. The zero-order chi connectivity index (χ0) is 50.8. The van der Waals surface area contributed by atoms with E-state index in [1.165, 1.54) is 21.3 Å². The number of aromatic nitrogens is 2. The molecule has 5 atom stereocenters. The number of phenolic OH excluding ortho intramolecular Hbond substituents is 1. The summed E-state index contributed by atoms with van der Waals surface area (Å²) < 4.78 is 40.6. The molecule has 0 radical (unpaired) electrons. The monoisotopic (exact) mass is 982 g/mol. The lowest BCUT2D eigenvalue weighted by molar-refractivity contribution is -0.155. The van der Waals surface area contributed by atoms with E-state index in [2.05, 4.69) is 66.2 Å². The first-order valence-corrected chi connectivity index (χ1v) is 25.8. The third kappa shape index (κ3) is 11.0. The number of benzene rings is 2. The van der Waals surface area contributed by atoms with E-state index in [1.807, 2.05) is 32.3 Å². The number of cyclic esters (lactones) is 1. The fourth-order valence-corrected chi connectivity index (χ4v) is 11.3.